The first-order valence-corrected chi connectivity index (χ1v) is 4.41. The van der Waals surface area contributed by atoms with E-state index in [1.54, 1.807) is 6.07 Å². The van der Waals surface area contributed by atoms with Crippen molar-refractivity contribution in [3.63, 3.8) is 0 Å². The number of ether oxygens (including phenoxy) is 1. The van der Waals surface area contributed by atoms with Crippen LogP contribution in [0.1, 0.15) is 16.7 Å². The highest BCUT2D eigenvalue weighted by Crippen LogP contribution is 2.11. The van der Waals surface area contributed by atoms with Gasteiger partial charge in [-0.05, 0) is 23.8 Å². The molecule has 0 aliphatic carbocycles. The van der Waals surface area contributed by atoms with Crippen LogP contribution in [0.5, 0.6) is 0 Å². The minimum Gasteiger partial charge on any atom is -0.466 e. The Morgan fingerprint density at radius 3 is 2.56 bits per heavy atom. The molecule has 0 radical (unpaired) electrons. The van der Waals surface area contributed by atoms with Crippen LogP contribution in [0.3, 0.4) is 0 Å². The lowest BCUT2D eigenvalue weighted by atomic mass is 10.1. The normalized spacial score (nSPS) is 9.44. The van der Waals surface area contributed by atoms with Crippen LogP contribution in [-0.2, 0) is 9.53 Å². The maximum atomic E-state index is 10.8. The van der Waals surface area contributed by atoms with E-state index in [-0.39, 0.29) is 5.56 Å². The molecule has 1 aromatic rings. The summed E-state index contributed by atoms with van der Waals surface area (Å²) in [6.07, 6.45) is 2.77. The van der Waals surface area contributed by atoms with Crippen LogP contribution in [-0.4, -0.2) is 13.1 Å². The summed E-state index contributed by atoms with van der Waals surface area (Å²) < 4.78 is 4.43. The molecule has 0 fully saturated rings. The number of hydrogen-bond donors (Lipinski definition) is 0. The van der Waals surface area contributed by atoms with Gasteiger partial charge in [-0.3, -0.25) is 0 Å². The highest BCUT2D eigenvalue weighted by molar-refractivity contribution is 5.87. The number of esters is 1. The number of nitriles is 2. The summed E-state index contributed by atoms with van der Waals surface area (Å²) in [6.45, 7) is 0. The van der Waals surface area contributed by atoms with Crippen molar-refractivity contribution in [3.05, 3.63) is 41.0 Å². The lowest BCUT2D eigenvalue weighted by Gasteiger charge is -1.96. The molecular weight excluding hydrogens is 204 g/mol. The molecule has 0 aliphatic heterocycles. The first-order valence-electron chi connectivity index (χ1n) is 4.41. The molecule has 1 rings (SSSR count). The minimum atomic E-state index is -0.470. The van der Waals surface area contributed by atoms with E-state index in [0.29, 0.717) is 11.1 Å². The van der Waals surface area contributed by atoms with Gasteiger partial charge in [0.2, 0.25) is 0 Å². The van der Waals surface area contributed by atoms with Gasteiger partial charge < -0.3 is 4.74 Å². The van der Waals surface area contributed by atoms with Crippen LogP contribution in [0.2, 0.25) is 0 Å². The molecule has 16 heavy (non-hydrogen) atoms. The fraction of sp³-hybridized carbons (Fsp3) is 0.0833. The van der Waals surface area contributed by atoms with Crippen LogP contribution < -0.4 is 0 Å². The third kappa shape index (κ3) is 2.70. The number of benzene rings is 1. The summed E-state index contributed by atoms with van der Waals surface area (Å²) in [5.74, 6) is -0.470. The van der Waals surface area contributed by atoms with Crippen molar-refractivity contribution in [2.24, 2.45) is 0 Å². The summed E-state index contributed by atoms with van der Waals surface area (Å²) in [7, 11) is 1.28. The Balaban J connectivity index is 3.02. The summed E-state index contributed by atoms with van der Waals surface area (Å²) >= 11 is 0. The topological polar surface area (TPSA) is 73.9 Å². The third-order valence-corrected chi connectivity index (χ3v) is 1.90. The molecule has 0 bridgehead atoms. The summed E-state index contributed by atoms with van der Waals surface area (Å²) in [5, 5.41) is 17.5. The van der Waals surface area contributed by atoms with Gasteiger partial charge in [0.1, 0.15) is 12.1 Å². The number of carbonyl (C=O) groups excluding carboxylic acids is 1. The van der Waals surface area contributed by atoms with E-state index in [1.165, 1.54) is 31.4 Å². The SMILES string of the molecule is COC(=O)/C=C/c1ccc(C#N)c(C#N)c1. The monoisotopic (exact) mass is 212 g/mol. The molecule has 0 saturated carbocycles. The van der Waals surface area contributed by atoms with Crippen molar-refractivity contribution in [2.75, 3.05) is 7.11 Å². The van der Waals surface area contributed by atoms with E-state index >= 15 is 0 Å². The van der Waals surface area contributed by atoms with E-state index in [1.807, 2.05) is 12.1 Å². The Morgan fingerprint density at radius 2 is 2.00 bits per heavy atom. The predicted octanol–water partition coefficient (Wildman–Crippen LogP) is 1.62. The van der Waals surface area contributed by atoms with Crippen LogP contribution in [0.4, 0.5) is 0 Å². The van der Waals surface area contributed by atoms with Gasteiger partial charge in [-0.2, -0.15) is 10.5 Å². The second-order valence-electron chi connectivity index (χ2n) is 2.89. The highest BCUT2D eigenvalue weighted by Gasteiger charge is 2.01. The Bertz CT molecular complexity index is 519. The standard InChI is InChI=1S/C12H8N2O2/c1-16-12(15)5-3-9-2-4-10(7-13)11(6-9)8-14/h2-6H,1H3/b5-3+. The van der Waals surface area contributed by atoms with Crippen LogP contribution in [0, 0.1) is 22.7 Å². The molecule has 0 aromatic heterocycles. The molecule has 0 spiro atoms. The van der Waals surface area contributed by atoms with Gasteiger partial charge in [0, 0.05) is 6.08 Å². The molecule has 0 heterocycles. The average molecular weight is 212 g/mol. The van der Waals surface area contributed by atoms with Gasteiger partial charge in [0.05, 0.1) is 18.2 Å². The fourth-order valence-electron chi connectivity index (χ4n) is 1.09. The van der Waals surface area contributed by atoms with E-state index in [4.69, 9.17) is 10.5 Å². The summed E-state index contributed by atoms with van der Waals surface area (Å²) in [6, 6.07) is 8.56. The number of rotatable bonds is 2. The first kappa shape index (κ1) is 11.5. The van der Waals surface area contributed by atoms with Gasteiger partial charge in [0.25, 0.3) is 0 Å². The van der Waals surface area contributed by atoms with Crippen LogP contribution >= 0.6 is 0 Å². The zero-order valence-electron chi connectivity index (χ0n) is 8.60. The molecule has 0 unspecified atom stereocenters. The van der Waals surface area contributed by atoms with Gasteiger partial charge >= 0.3 is 5.97 Å². The Kier molecular flexibility index (Phi) is 3.83. The zero-order chi connectivity index (χ0) is 12.0. The predicted molar refractivity (Wildman–Crippen MR) is 56.9 cm³/mol. The van der Waals surface area contributed by atoms with E-state index in [9.17, 15) is 4.79 Å². The number of carbonyl (C=O) groups is 1. The van der Waals surface area contributed by atoms with Crippen molar-refractivity contribution < 1.29 is 9.53 Å². The fourth-order valence-corrected chi connectivity index (χ4v) is 1.09. The second-order valence-corrected chi connectivity index (χ2v) is 2.89. The third-order valence-electron chi connectivity index (χ3n) is 1.90. The molecule has 0 saturated heterocycles. The van der Waals surface area contributed by atoms with E-state index in [2.05, 4.69) is 4.74 Å². The first-order chi connectivity index (χ1) is 7.71. The smallest absolute Gasteiger partial charge is 0.330 e. The Morgan fingerprint density at radius 1 is 1.31 bits per heavy atom. The van der Waals surface area contributed by atoms with Gasteiger partial charge in [-0.15, -0.1) is 0 Å². The van der Waals surface area contributed by atoms with Gasteiger partial charge in [-0.1, -0.05) is 6.07 Å². The highest BCUT2D eigenvalue weighted by atomic mass is 16.5. The van der Waals surface area contributed by atoms with Crippen molar-refractivity contribution in [2.45, 2.75) is 0 Å². The summed E-state index contributed by atoms with van der Waals surface area (Å²) in [4.78, 5) is 10.8. The maximum Gasteiger partial charge on any atom is 0.330 e. The van der Waals surface area contributed by atoms with Gasteiger partial charge in [0.15, 0.2) is 0 Å². The van der Waals surface area contributed by atoms with Gasteiger partial charge in [-0.25, -0.2) is 4.79 Å². The molecule has 0 amide bonds. The van der Waals surface area contributed by atoms with E-state index < -0.39 is 5.97 Å². The zero-order valence-corrected chi connectivity index (χ0v) is 8.60. The molecule has 0 atom stereocenters. The largest absolute Gasteiger partial charge is 0.466 e. The Hall–Kier alpha value is -2.59. The van der Waals surface area contributed by atoms with E-state index in [0.717, 1.165) is 0 Å². The van der Waals surface area contributed by atoms with Crippen molar-refractivity contribution in [3.8, 4) is 12.1 Å². The lowest BCUT2D eigenvalue weighted by Crippen LogP contribution is -1.93. The van der Waals surface area contributed by atoms with Crippen LogP contribution in [0.15, 0.2) is 24.3 Å². The molecule has 4 nitrogen and oxygen atoms in total. The quantitative estimate of drug-likeness (QED) is 0.551. The molecule has 78 valence electrons. The van der Waals surface area contributed by atoms with Crippen LogP contribution in [0.25, 0.3) is 6.08 Å². The maximum absolute atomic E-state index is 10.8. The van der Waals surface area contributed by atoms with Crippen molar-refractivity contribution in [1.29, 1.82) is 10.5 Å². The van der Waals surface area contributed by atoms with Crippen molar-refractivity contribution in [1.82, 2.24) is 0 Å². The molecule has 0 aliphatic rings. The minimum absolute atomic E-state index is 0.287. The molecule has 4 heteroatoms. The molecule has 0 N–H and O–H groups in total. The Labute approximate surface area is 93.0 Å². The number of hydrogen-bond acceptors (Lipinski definition) is 4. The molecule has 1 aromatic carbocycles. The van der Waals surface area contributed by atoms with Crippen molar-refractivity contribution >= 4 is 12.0 Å². The summed E-state index contributed by atoms with van der Waals surface area (Å²) in [5.41, 5.74) is 1.27. The number of methoxy groups -OCH3 is 1. The number of nitrogens with zero attached hydrogens (tertiary/aromatic N) is 2. The average Bonchev–Trinajstić information content (AvgIpc) is 2.35. The lowest BCUT2D eigenvalue weighted by molar-refractivity contribution is -0.134. The molecular formula is C12H8N2O2. The second kappa shape index (κ2) is 5.33.